The first-order valence-corrected chi connectivity index (χ1v) is 13.7. The van der Waals surface area contributed by atoms with Crippen LogP contribution in [0.2, 0.25) is 0 Å². The van der Waals surface area contributed by atoms with E-state index in [0.29, 0.717) is 51.5 Å². The van der Waals surface area contributed by atoms with Crippen molar-refractivity contribution in [2.24, 2.45) is 10.2 Å². The molecular formula is C25H23FN8Na2O7S2. The molecule has 226 valence electrons. The molecule has 0 spiro atoms. The third kappa shape index (κ3) is 11.0. The van der Waals surface area contributed by atoms with E-state index in [1.807, 2.05) is 0 Å². The van der Waals surface area contributed by atoms with Crippen LogP contribution in [0.1, 0.15) is 12.8 Å². The molecule has 1 aromatic heterocycles. The van der Waals surface area contributed by atoms with Gasteiger partial charge in [-0.05, 0) is 54.6 Å². The number of azo groups is 1. The molecule has 4 rings (SSSR count). The largest absolute Gasteiger partial charge is 1.00 e. The Morgan fingerprint density at radius 2 is 1.82 bits per heavy atom. The second-order valence-corrected chi connectivity index (χ2v) is 10.1. The number of fused-ring (bicyclic) bond motifs is 1. The number of anilines is 4. The van der Waals surface area contributed by atoms with Gasteiger partial charge in [-0.15, -0.1) is 16.8 Å². The molecule has 0 fully saturated rings. The Kier molecular flexibility index (Phi) is 16.9. The Morgan fingerprint density at radius 1 is 1.07 bits per heavy atom. The van der Waals surface area contributed by atoms with E-state index in [2.05, 4.69) is 55.8 Å². The maximum atomic E-state index is 14.3. The van der Waals surface area contributed by atoms with Gasteiger partial charge in [-0.25, -0.2) is 0 Å². The Morgan fingerprint density at radius 3 is 2.56 bits per heavy atom. The number of benzene rings is 3. The van der Waals surface area contributed by atoms with Gasteiger partial charge in [-0.2, -0.15) is 28.0 Å². The summed E-state index contributed by atoms with van der Waals surface area (Å²) in [6.07, 6.45) is 2.37. The van der Waals surface area contributed by atoms with Crippen LogP contribution in [-0.4, -0.2) is 33.7 Å². The van der Waals surface area contributed by atoms with Gasteiger partial charge in [0, 0.05) is 24.2 Å². The van der Waals surface area contributed by atoms with Crippen LogP contribution in [0.5, 0.6) is 5.75 Å². The average molecular weight is 677 g/mol. The minimum absolute atomic E-state index is 0. The minimum Gasteiger partial charge on any atom is -0.691 e. The van der Waals surface area contributed by atoms with Crippen LogP contribution in [-0.2, 0) is 18.7 Å². The van der Waals surface area contributed by atoms with Gasteiger partial charge in [0.15, 0.2) is 0 Å². The zero-order chi connectivity index (χ0) is 30.8. The van der Waals surface area contributed by atoms with Gasteiger partial charge in [0.1, 0.15) is 17.1 Å². The standard InChI is InChI=1S/C25H25FN8O7S2.2Na/c1-3-4-5-10-34(2)25-30-23(26)29-24(31-25)28-15-7-9-20(43-41-39-37)18(12-15)32-33-22-17(27)8-6-14-11-16(42-40-38-36)13-19(35)21(14)22;;/h3,6-9,11-13,35-37H,1,4-5,10,27H2,2H3,(H,28,29,30,31);;/q;2*+1/p-2. The number of allylic oxidation sites excluding steroid dienone is 1. The predicted molar refractivity (Wildman–Crippen MR) is 152 cm³/mol. The Hall–Kier alpha value is -2.14. The van der Waals surface area contributed by atoms with Gasteiger partial charge in [0.2, 0.25) is 11.9 Å². The number of nitrogen functional groups attached to an aromatic ring is 1. The summed E-state index contributed by atoms with van der Waals surface area (Å²) in [6.45, 7) is 4.26. The summed E-state index contributed by atoms with van der Waals surface area (Å²) in [5.41, 5.74) is 7.03. The van der Waals surface area contributed by atoms with Crippen LogP contribution in [0.4, 0.5) is 39.0 Å². The van der Waals surface area contributed by atoms with Crippen molar-refractivity contribution in [2.75, 3.05) is 29.5 Å². The molecule has 0 saturated heterocycles. The number of nitrogens with two attached hydrogens (primary N) is 1. The number of unbranched alkanes of at least 4 members (excludes halogenated alkanes) is 1. The molecule has 3 aromatic carbocycles. The van der Waals surface area contributed by atoms with Crippen molar-refractivity contribution in [3.63, 3.8) is 0 Å². The van der Waals surface area contributed by atoms with Crippen molar-refractivity contribution in [2.45, 2.75) is 22.6 Å². The number of aromatic nitrogens is 3. The van der Waals surface area contributed by atoms with Crippen molar-refractivity contribution in [3.8, 4) is 5.75 Å². The van der Waals surface area contributed by atoms with E-state index in [0.717, 1.165) is 12.8 Å². The monoisotopic (exact) mass is 676 g/mol. The van der Waals surface area contributed by atoms with E-state index in [-0.39, 0.29) is 99.2 Å². The first kappa shape index (κ1) is 39.0. The number of aromatic hydroxyl groups is 1. The second-order valence-electron chi connectivity index (χ2n) is 8.57. The van der Waals surface area contributed by atoms with Gasteiger partial charge in [-0.1, -0.05) is 12.1 Å². The van der Waals surface area contributed by atoms with Crippen LogP contribution < -0.4 is 85.6 Å². The summed E-state index contributed by atoms with van der Waals surface area (Å²) in [5, 5.41) is 50.3. The van der Waals surface area contributed by atoms with Gasteiger partial charge < -0.3 is 31.6 Å². The van der Waals surface area contributed by atoms with Crippen LogP contribution in [0.3, 0.4) is 0 Å². The average Bonchev–Trinajstić information content (AvgIpc) is 2.99. The number of phenolic OH excluding ortho intramolecular Hbond substituents is 1. The predicted octanol–water partition coefficient (Wildman–Crippen LogP) is -1.52. The van der Waals surface area contributed by atoms with Crippen LogP contribution in [0, 0.1) is 6.08 Å². The molecule has 0 bridgehead atoms. The first-order chi connectivity index (χ1) is 20.8. The first-order valence-electron chi connectivity index (χ1n) is 12.2. The molecule has 0 saturated carbocycles. The Labute approximate surface area is 309 Å². The molecule has 4 N–H and O–H groups in total. The zero-order valence-corrected chi connectivity index (χ0v) is 29.9. The van der Waals surface area contributed by atoms with Crippen LogP contribution >= 0.6 is 24.1 Å². The fourth-order valence-corrected chi connectivity index (χ4v) is 4.64. The SMILES string of the molecule is C=CCCCN(C)c1nc(F)nc(Nc2ccc(SOO[O-])c(N=Nc3c(N)ccc4cc(SOO[O-])cc(O)c34)c2)n1.[Na+].[Na+]. The fraction of sp³-hybridized carbons (Fsp3) is 0.160. The molecule has 45 heavy (non-hydrogen) atoms. The molecule has 0 atom stereocenters. The topological polar surface area (TPSA) is 208 Å². The number of rotatable bonds is 15. The molecule has 20 heteroatoms. The molecule has 0 amide bonds. The van der Waals surface area contributed by atoms with E-state index in [1.54, 1.807) is 42.3 Å². The summed E-state index contributed by atoms with van der Waals surface area (Å²) in [7, 11) is 1.73. The zero-order valence-electron chi connectivity index (χ0n) is 24.3. The number of halogens is 1. The van der Waals surface area contributed by atoms with E-state index >= 15 is 0 Å². The molecule has 1 heterocycles. The van der Waals surface area contributed by atoms with Gasteiger partial charge in [0.25, 0.3) is 0 Å². The third-order valence-electron chi connectivity index (χ3n) is 5.70. The van der Waals surface area contributed by atoms with E-state index in [4.69, 9.17) is 5.73 Å². The maximum Gasteiger partial charge on any atom is 1.00 e. The van der Waals surface area contributed by atoms with Gasteiger partial charge in [0.05, 0.1) is 40.1 Å². The third-order valence-corrected chi connectivity index (χ3v) is 6.90. The quantitative estimate of drug-likeness (QED) is 0.0191. The maximum absolute atomic E-state index is 14.3. The summed E-state index contributed by atoms with van der Waals surface area (Å²) in [4.78, 5) is 14.1. The Balaban J connectivity index is 0.00000353. The second kappa shape index (κ2) is 19.5. The van der Waals surface area contributed by atoms with Crippen LogP contribution in [0.25, 0.3) is 10.8 Å². The summed E-state index contributed by atoms with van der Waals surface area (Å²) in [6, 6.07) is 10.7. The van der Waals surface area contributed by atoms with E-state index < -0.39 is 6.08 Å². The molecule has 0 aliphatic carbocycles. The molecule has 4 aromatic rings. The molecule has 0 radical (unpaired) electrons. The molecular weight excluding hydrogens is 653 g/mol. The van der Waals surface area contributed by atoms with Crippen LogP contribution in [0.15, 0.2) is 75.1 Å². The summed E-state index contributed by atoms with van der Waals surface area (Å²) in [5.74, 6) is -0.151. The fourth-order valence-electron chi connectivity index (χ4n) is 3.79. The van der Waals surface area contributed by atoms with Gasteiger partial charge in [-0.3, -0.25) is 10.1 Å². The summed E-state index contributed by atoms with van der Waals surface area (Å²) < 4.78 is 23.0. The van der Waals surface area contributed by atoms with Crippen molar-refractivity contribution in [3.05, 3.63) is 61.2 Å². The number of phenols is 1. The van der Waals surface area contributed by atoms with Crippen molar-refractivity contribution in [1.82, 2.24) is 15.0 Å². The number of hydrogen-bond donors (Lipinski definition) is 3. The smallest absolute Gasteiger partial charge is 0.691 e. The molecule has 15 nitrogen and oxygen atoms in total. The Bertz CT molecular complexity index is 1630. The van der Waals surface area contributed by atoms with E-state index in [9.17, 15) is 20.0 Å². The van der Waals surface area contributed by atoms with Crippen molar-refractivity contribution < 1.29 is 97.9 Å². The normalized spacial score (nSPS) is 10.8. The minimum atomic E-state index is -0.976. The number of hydrogen-bond acceptors (Lipinski definition) is 17. The van der Waals surface area contributed by atoms with E-state index in [1.165, 1.54) is 18.2 Å². The number of nitrogens with zero attached hydrogens (tertiary/aromatic N) is 6. The molecule has 0 aliphatic rings. The van der Waals surface area contributed by atoms with Crippen molar-refractivity contribution >= 4 is 69.5 Å². The van der Waals surface area contributed by atoms with Gasteiger partial charge >= 0.3 is 65.2 Å². The summed E-state index contributed by atoms with van der Waals surface area (Å²) >= 11 is 1.17. The van der Waals surface area contributed by atoms with Crippen molar-refractivity contribution in [1.29, 1.82) is 0 Å². The molecule has 0 aliphatic heterocycles. The number of nitrogens with one attached hydrogen (secondary N) is 1. The molecule has 0 unspecified atom stereocenters.